The second kappa shape index (κ2) is 8.99. The van der Waals surface area contributed by atoms with E-state index in [1.165, 1.54) is 29.4 Å². The van der Waals surface area contributed by atoms with Gasteiger partial charge in [-0.1, -0.05) is 11.8 Å². The van der Waals surface area contributed by atoms with Gasteiger partial charge in [-0.05, 0) is 50.1 Å². The summed E-state index contributed by atoms with van der Waals surface area (Å²) in [6.45, 7) is 1.81. The number of halogens is 3. The van der Waals surface area contributed by atoms with E-state index in [0.717, 1.165) is 4.34 Å². The van der Waals surface area contributed by atoms with Crippen molar-refractivity contribution in [2.45, 2.75) is 48.9 Å². The minimum absolute atomic E-state index is 0.00800. The van der Waals surface area contributed by atoms with Gasteiger partial charge < -0.3 is 8.92 Å². The van der Waals surface area contributed by atoms with Crippen LogP contribution in [0.25, 0.3) is 0 Å². The first-order valence-corrected chi connectivity index (χ1v) is 11.7. The second-order valence-corrected chi connectivity index (χ2v) is 9.38. The zero-order valence-electron chi connectivity index (χ0n) is 15.1. The van der Waals surface area contributed by atoms with E-state index in [-0.39, 0.29) is 31.6 Å². The first kappa shape index (κ1) is 22.9. The molecule has 2 rings (SSSR count). The topological polar surface area (TPSA) is 95.4 Å². The molecule has 158 valence electrons. The predicted molar refractivity (Wildman–Crippen MR) is 97.1 cm³/mol. The SMILES string of the molecule is CCOC(=O)C1(CCc2nsc(SC)n2)CC=C(OS(=O)(=O)C(F)(F)F)CC1. The number of aromatic nitrogens is 2. The predicted octanol–water partition coefficient (Wildman–Crippen LogP) is 3.68. The Balaban J connectivity index is 2.14. The average Bonchev–Trinajstić information content (AvgIpc) is 3.08. The number of ether oxygens (including phenoxy) is 1. The van der Waals surface area contributed by atoms with Crippen LogP contribution in [0.2, 0.25) is 0 Å². The lowest BCUT2D eigenvalue weighted by atomic mass is 9.73. The Morgan fingerprint density at radius 3 is 2.64 bits per heavy atom. The highest BCUT2D eigenvalue weighted by molar-refractivity contribution is 8.00. The van der Waals surface area contributed by atoms with Gasteiger partial charge in [0.1, 0.15) is 11.6 Å². The summed E-state index contributed by atoms with van der Waals surface area (Å²) in [5.41, 5.74) is -6.50. The van der Waals surface area contributed by atoms with Crippen LogP contribution in [0.3, 0.4) is 0 Å². The molecule has 0 saturated heterocycles. The number of allylic oxidation sites excluding steroid dienone is 2. The van der Waals surface area contributed by atoms with Crippen LogP contribution in [-0.2, 0) is 30.3 Å². The van der Waals surface area contributed by atoms with Gasteiger partial charge in [-0.25, -0.2) is 4.98 Å². The molecule has 1 aromatic heterocycles. The van der Waals surface area contributed by atoms with Crippen LogP contribution in [0.1, 0.15) is 38.4 Å². The Morgan fingerprint density at radius 1 is 1.43 bits per heavy atom. The van der Waals surface area contributed by atoms with E-state index in [0.29, 0.717) is 18.7 Å². The van der Waals surface area contributed by atoms with E-state index in [4.69, 9.17) is 4.74 Å². The molecule has 0 aliphatic heterocycles. The Kier molecular flexibility index (Phi) is 7.37. The van der Waals surface area contributed by atoms with Crippen LogP contribution in [0, 0.1) is 5.41 Å². The van der Waals surface area contributed by atoms with Crippen LogP contribution >= 0.6 is 23.3 Å². The Morgan fingerprint density at radius 2 is 2.14 bits per heavy atom. The Labute approximate surface area is 169 Å². The summed E-state index contributed by atoms with van der Waals surface area (Å²) in [6.07, 6.45) is 3.78. The van der Waals surface area contributed by atoms with Crippen molar-refractivity contribution in [3.63, 3.8) is 0 Å². The molecular formula is C15H19F3N2O5S3. The lowest BCUT2D eigenvalue weighted by molar-refractivity contribution is -0.156. The molecule has 1 aliphatic carbocycles. The molecule has 0 N–H and O–H groups in total. The molecule has 7 nitrogen and oxygen atoms in total. The van der Waals surface area contributed by atoms with Crippen LogP contribution in [0.5, 0.6) is 0 Å². The smallest absolute Gasteiger partial charge is 0.466 e. The van der Waals surface area contributed by atoms with Gasteiger partial charge in [0, 0.05) is 12.8 Å². The minimum Gasteiger partial charge on any atom is -0.466 e. The number of esters is 1. The van der Waals surface area contributed by atoms with Crippen molar-refractivity contribution in [2.24, 2.45) is 5.41 Å². The summed E-state index contributed by atoms with van der Waals surface area (Å²) in [5, 5.41) is 0. The van der Waals surface area contributed by atoms with Crippen molar-refractivity contribution in [1.29, 1.82) is 0 Å². The molecule has 0 bridgehead atoms. The number of nitrogens with zero attached hydrogens (tertiary/aromatic N) is 2. The van der Waals surface area contributed by atoms with Crippen LogP contribution in [-0.4, -0.2) is 42.1 Å². The van der Waals surface area contributed by atoms with Gasteiger partial charge in [-0.2, -0.15) is 26.0 Å². The van der Waals surface area contributed by atoms with Crippen molar-refractivity contribution in [3.05, 3.63) is 17.7 Å². The fourth-order valence-electron chi connectivity index (χ4n) is 2.71. The Bertz CT molecular complexity index is 838. The third kappa shape index (κ3) is 5.38. The van der Waals surface area contributed by atoms with E-state index in [2.05, 4.69) is 13.5 Å². The standard InChI is InChI=1S/C15H19F3N2O5S3/c1-3-24-12(21)14(9-6-11-19-13(26-2)27-20-11)7-4-10(5-8-14)25-28(22,23)15(16,17)18/h4H,3,5-9H2,1-2H3. The molecule has 0 amide bonds. The molecule has 0 radical (unpaired) electrons. The highest BCUT2D eigenvalue weighted by atomic mass is 32.2. The molecule has 0 saturated carbocycles. The first-order chi connectivity index (χ1) is 13.0. The number of hydrogen-bond acceptors (Lipinski definition) is 9. The van der Waals surface area contributed by atoms with Crippen molar-refractivity contribution >= 4 is 39.4 Å². The van der Waals surface area contributed by atoms with Gasteiger partial charge in [0.2, 0.25) is 0 Å². The molecule has 1 aliphatic rings. The summed E-state index contributed by atoms with van der Waals surface area (Å²) in [4.78, 5) is 16.8. The van der Waals surface area contributed by atoms with Crippen LogP contribution in [0.15, 0.2) is 16.2 Å². The molecule has 0 aromatic carbocycles. The summed E-state index contributed by atoms with van der Waals surface area (Å²) >= 11 is 2.69. The van der Waals surface area contributed by atoms with Gasteiger partial charge in [-0.3, -0.25) is 4.79 Å². The quantitative estimate of drug-likeness (QED) is 0.251. The molecule has 1 aromatic rings. The normalized spacial score (nSPS) is 20.5. The van der Waals surface area contributed by atoms with Crippen LogP contribution < -0.4 is 0 Å². The molecule has 13 heteroatoms. The number of alkyl halides is 3. The first-order valence-electron chi connectivity index (χ1n) is 8.26. The van der Waals surface area contributed by atoms with E-state index in [1.54, 1.807) is 6.92 Å². The van der Waals surface area contributed by atoms with E-state index in [9.17, 15) is 26.4 Å². The fourth-order valence-corrected chi connectivity index (χ4v) is 4.31. The number of hydrogen-bond donors (Lipinski definition) is 0. The largest absolute Gasteiger partial charge is 0.534 e. The number of aryl methyl sites for hydroxylation is 1. The van der Waals surface area contributed by atoms with Gasteiger partial charge >= 0.3 is 21.6 Å². The molecule has 28 heavy (non-hydrogen) atoms. The lowest BCUT2D eigenvalue weighted by Crippen LogP contribution is -2.36. The number of carbonyl (C=O) groups excluding carboxylic acids is 1. The molecule has 0 fully saturated rings. The summed E-state index contributed by atoms with van der Waals surface area (Å²) in [7, 11) is -5.73. The highest BCUT2D eigenvalue weighted by Gasteiger charge is 2.49. The zero-order valence-corrected chi connectivity index (χ0v) is 17.6. The zero-order chi connectivity index (χ0) is 21.0. The molecule has 0 spiro atoms. The van der Waals surface area contributed by atoms with Crippen molar-refractivity contribution in [3.8, 4) is 0 Å². The third-order valence-corrected chi connectivity index (χ3v) is 6.94. The van der Waals surface area contributed by atoms with E-state index >= 15 is 0 Å². The lowest BCUT2D eigenvalue weighted by Gasteiger charge is -2.33. The highest BCUT2D eigenvalue weighted by Crippen LogP contribution is 2.42. The maximum absolute atomic E-state index is 12.5. The van der Waals surface area contributed by atoms with Gasteiger partial charge in [0.05, 0.1) is 12.0 Å². The monoisotopic (exact) mass is 460 g/mol. The van der Waals surface area contributed by atoms with Crippen molar-refractivity contribution in [1.82, 2.24) is 9.36 Å². The number of carbonyl (C=O) groups is 1. The van der Waals surface area contributed by atoms with Gasteiger partial charge in [0.25, 0.3) is 0 Å². The third-order valence-electron chi connectivity index (χ3n) is 4.23. The molecule has 1 heterocycles. The van der Waals surface area contributed by atoms with Crippen LogP contribution in [0.4, 0.5) is 13.2 Å². The van der Waals surface area contributed by atoms with Gasteiger partial charge in [0.15, 0.2) is 4.34 Å². The molecular weight excluding hydrogens is 441 g/mol. The Hall–Kier alpha value is -1.34. The van der Waals surface area contributed by atoms with E-state index < -0.39 is 27.0 Å². The second-order valence-electron chi connectivity index (χ2n) is 6.04. The molecule has 1 unspecified atom stereocenters. The summed E-state index contributed by atoms with van der Waals surface area (Å²) < 4.78 is 74.1. The maximum atomic E-state index is 12.5. The average molecular weight is 461 g/mol. The summed E-state index contributed by atoms with van der Waals surface area (Å²) in [6, 6.07) is 0. The summed E-state index contributed by atoms with van der Waals surface area (Å²) in [5.74, 6) is -0.235. The van der Waals surface area contributed by atoms with Crippen molar-refractivity contribution < 1.29 is 35.3 Å². The minimum atomic E-state index is -5.73. The maximum Gasteiger partial charge on any atom is 0.534 e. The van der Waals surface area contributed by atoms with Gasteiger partial charge in [-0.15, -0.1) is 0 Å². The van der Waals surface area contributed by atoms with E-state index in [1.807, 2.05) is 6.26 Å². The number of thioether (sulfide) groups is 1. The van der Waals surface area contributed by atoms with Crippen molar-refractivity contribution in [2.75, 3.05) is 12.9 Å². The number of rotatable bonds is 8. The molecule has 1 atom stereocenters. The fraction of sp³-hybridized carbons (Fsp3) is 0.667.